The minimum atomic E-state index is -1.15. The van der Waals surface area contributed by atoms with Gasteiger partial charge in [-0.2, -0.15) is 0 Å². The molecule has 0 atom stereocenters. The number of rotatable bonds is 1. The van der Waals surface area contributed by atoms with Crippen molar-refractivity contribution in [3.8, 4) is 0 Å². The van der Waals surface area contributed by atoms with Gasteiger partial charge in [0.05, 0.1) is 0 Å². The number of halogens is 1. The first-order valence-corrected chi connectivity index (χ1v) is 4.62. The summed E-state index contributed by atoms with van der Waals surface area (Å²) in [5.74, 6) is 0. The summed E-state index contributed by atoms with van der Waals surface area (Å²) in [6.07, 6.45) is 0.940. The molecule has 0 amide bonds. The number of hydrogen-bond acceptors (Lipinski definition) is 1. The van der Waals surface area contributed by atoms with Crippen molar-refractivity contribution in [3.05, 3.63) is 35.4 Å². The number of nitrogens with two attached hydrogens (primary N) is 1. The average Bonchev–Trinajstić information content (AvgIpc) is 2.02. The standard InChI is InChI=1S/C11H14FN/c1-8-4-2-3-5-10(8)11(12)6-9(13)7-11/h2-5,9H,6-7,13H2,1H3. The average molecular weight is 179 g/mol. The first-order chi connectivity index (χ1) is 6.12. The van der Waals surface area contributed by atoms with Gasteiger partial charge >= 0.3 is 0 Å². The van der Waals surface area contributed by atoms with Crippen LogP contribution in [0.15, 0.2) is 24.3 Å². The molecule has 2 heteroatoms. The normalized spacial score (nSPS) is 32.7. The molecule has 0 aliphatic heterocycles. The molecule has 1 nitrogen and oxygen atoms in total. The van der Waals surface area contributed by atoms with E-state index in [1.54, 1.807) is 0 Å². The van der Waals surface area contributed by atoms with E-state index in [1.165, 1.54) is 0 Å². The van der Waals surface area contributed by atoms with Crippen molar-refractivity contribution in [3.63, 3.8) is 0 Å². The first-order valence-electron chi connectivity index (χ1n) is 4.62. The molecule has 0 heterocycles. The second kappa shape index (κ2) is 2.81. The second-order valence-electron chi connectivity index (χ2n) is 3.95. The lowest BCUT2D eigenvalue weighted by Crippen LogP contribution is -2.46. The lowest BCUT2D eigenvalue weighted by molar-refractivity contribution is 0.0399. The zero-order valence-corrected chi connectivity index (χ0v) is 7.76. The van der Waals surface area contributed by atoms with Crippen LogP contribution < -0.4 is 5.73 Å². The Morgan fingerprint density at radius 2 is 2.00 bits per heavy atom. The van der Waals surface area contributed by atoms with Gasteiger partial charge in [0.25, 0.3) is 0 Å². The van der Waals surface area contributed by atoms with E-state index in [0.29, 0.717) is 12.8 Å². The number of benzene rings is 1. The second-order valence-corrected chi connectivity index (χ2v) is 3.95. The molecule has 0 spiro atoms. The van der Waals surface area contributed by atoms with E-state index in [2.05, 4.69) is 0 Å². The third kappa shape index (κ3) is 1.35. The van der Waals surface area contributed by atoms with Gasteiger partial charge in [-0.3, -0.25) is 0 Å². The fourth-order valence-corrected chi connectivity index (χ4v) is 2.07. The first kappa shape index (κ1) is 8.70. The predicted octanol–water partition coefficient (Wildman–Crippen LogP) is 2.28. The van der Waals surface area contributed by atoms with Gasteiger partial charge in [0.1, 0.15) is 5.67 Å². The summed E-state index contributed by atoms with van der Waals surface area (Å²) in [5, 5.41) is 0. The van der Waals surface area contributed by atoms with E-state index in [9.17, 15) is 4.39 Å². The van der Waals surface area contributed by atoms with Crippen molar-refractivity contribution >= 4 is 0 Å². The molecule has 0 radical (unpaired) electrons. The summed E-state index contributed by atoms with van der Waals surface area (Å²) in [4.78, 5) is 0. The highest BCUT2D eigenvalue weighted by Gasteiger charge is 2.45. The Morgan fingerprint density at radius 3 is 2.54 bits per heavy atom. The quantitative estimate of drug-likeness (QED) is 0.703. The predicted molar refractivity (Wildman–Crippen MR) is 51.2 cm³/mol. The Kier molecular flexibility index (Phi) is 1.88. The van der Waals surface area contributed by atoms with Crippen molar-refractivity contribution in [2.45, 2.75) is 31.5 Å². The minimum Gasteiger partial charge on any atom is -0.327 e. The van der Waals surface area contributed by atoms with E-state index in [1.807, 2.05) is 31.2 Å². The van der Waals surface area contributed by atoms with Crippen LogP contribution in [0.5, 0.6) is 0 Å². The Bertz CT molecular complexity index is 316. The molecule has 0 bridgehead atoms. The maximum Gasteiger partial charge on any atom is 0.139 e. The Morgan fingerprint density at radius 1 is 1.38 bits per heavy atom. The van der Waals surface area contributed by atoms with Crippen molar-refractivity contribution in [2.75, 3.05) is 0 Å². The van der Waals surface area contributed by atoms with E-state index in [0.717, 1.165) is 11.1 Å². The van der Waals surface area contributed by atoms with Crippen LogP contribution in [-0.2, 0) is 5.67 Å². The lowest BCUT2D eigenvalue weighted by Gasteiger charge is -2.40. The van der Waals surface area contributed by atoms with Crippen molar-refractivity contribution in [1.82, 2.24) is 0 Å². The van der Waals surface area contributed by atoms with E-state index < -0.39 is 5.67 Å². The van der Waals surface area contributed by atoms with Crippen molar-refractivity contribution in [1.29, 1.82) is 0 Å². The fraction of sp³-hybridized carbons (Fsp3) is 0.455. The van der Waals surface area contributed by atoms with Gasteiger partial charge in [-0.1, -0.05) is 24.3 Å². The number of hydrogen-bond donors (Lipinski definition) is 1. The lowest BCUT2D eigenvalue weighted by atomic mass is 9.72. The fourth-order valence-electron chi connectivity index (χ4n) is 2.07. The molecule has 0 aromatic heterocycles. The van der Waals surface area contributed by atoms with Crippen LogP contribution in [0.4, 0.5) is 4.39 Å². The zero-order valence-electron chi connectivity index (χ0n) is 7.76. The highest BCUT2D eigenvalue weighted by atomic mass is 19.1. The summed E-state index contributed by atoms with van der Waals surface area (Å²) in [7, 11) is 0. The summed E-state index contributed by atoms with van der Waals surface area (Å²) in [6.45, 7) is 1.94. The van der Waals surface area contributed by atoms with E-state index >= 15 is 0 Å². The van der Waals surface area contributed by atoms with Gasteiger partial charge < -0.3 is 5.73 Å². The van der Waals surface area contributed by atoms with Crippen LogP contribution in [0.3, 0.4) is 0 Å². The maximum atomic E-state index is 14.1. The highest BCUT2D eigenvalue weighted by Crippen LogP contribution is 2.45. The monoisotopic (exact) mass is 179 g/mol. The SMILES string of the molecule is Cc1ccccc1C1(F)CC(N)C1. The molecule has 2 rings (SSSR count). The molecule has 1 saturated carbocycles. The molecular weight excluding hydrogens is 165 g/mol. The molecule has 0 unspecified atom stereocenters. The molecule has 2 N–H and O–H groups in total. The van der Waals surface area contributed by atoms with Gasteiger partial charge in [-0.05, 0) is 18.1 Å². The van der Waals surface area contributed by atoms with Gasteiger partial charge in [0.15, 0.2) is 0 Å². The van der Waals surface area contributed by atoms with Gasteiger partial charge in [0, 0.05) is 18.9 Å². The molecule has 1 aromatic rings. The molecule has 1 aliphatic carbocycles. The Labute approximate surface area is 77.8 Å². The van der Waals surface area contributed by atoms with Crippen molar-refractivity contribution < 1.29 is 4.39 Å². The molecule has 1 aromatic carbocycles. The van der Waals surface area contributed by atoms with Crippen LogP contribution in [0.2, 0.25) is 0 Å². The molecule has 70 valence electrons. The molecular formula is C11H14FN. The van der Waals surface area contributed by atoms with Crippen LogP contribution >= 0.6 is 0 Å². The summed E-state index contributed by atoms with van der Waals surface area (Å²) in [6, 6.07) is 7.67. The maximum absolute atomic E-state index is 14.1. The molecule has 13 heavy (non-hydrogen) atoms. The largest absolute Gasteiger partial charge is 0.327 e. The molecule has 1 fully saturated rings. The van der Waals surface area contributed by atoms with Crippen LogP contribution in [0.25, 0.3) is 0 Å². The van der Waals surface area contributed by atoms with Crippen LogP contribution in [-0.4, -0.2) is 6.04 Å². The van der Waals surface area contributed by atoms with E-state index in [4.69, 9.17) is 5.73 Å². The Balaban J connectivity index is 2.31. The van der Waals surface area contributed by atoms with E-state index in [-0.39, 0.29) is 6.04 Å². The third-order valence-electron chi connectivity index (χ3n) is 2.80. The number of alkyl halides is 1. The number of aryl methyl sites for hydroxylation is 1. The smallest absolute Gasteiger partial charge is 0.139 e. The van der Waals surface area contributed by atoms with Gasteiger partial charge in [0.2, 0.25) is 0 Å². The summed E-state index contributed by atoms with van der Waals surface area (Å²) >= 11 is 0. The van der Waals surface area contributed by atoms with Gasteiger partial charge in [-0.25, -0.2) is 4.39 Å². The highest BCUT2D eigenvalue weighted by molar-refractivity contribution is 5.33. The van der Waals surface area contributed by atoms with Gasteiger partial charge in [-0.15, -0.1) is 0 Å². The Hall–Kier alpha value is -0.890. The van der Waals surface area contributed by atoms with Crippen LogP contribution in [0.1, 0.15) is 24.0 Å². The van der Waals surface area contributed by atoms with Crippen molar-refractivity contribution in [2.24, 2.45) is 5.73 Å². The summed E-state index contributed by atoms with van der Waals surface area (Å²) < 4.78 is 14.1. The molecule has 1 aliphatic rings. The minimum absolute atomic E-state index is 0.0459. The summed E-state index contributed by atoms with van der Waals surface area (Å²) in [5.41, 5.74) is 6.29. The molecule has 0 saturated heterocycles. The third-order valence-corrected chi connectivity index (χ3v) is 2.80. The van der Waals surface area contributed by atoms with Crippen LogP contribution in [0, 0.1) is 6.92 Å². The zero-order chi connectivity index (χ0) is 9.47. The topological polar surface area (TPSA) is 26.0 Å².